The largest absolute Gasteiger partial charge is 0.461 e. The number of ketones is 1. The molecule has 0 aliphatic rings. The van der Waals surface area contributed by atoms with Gasteiger partial charge in [-0.2, -0.15) is 0 Å². The van der Waals surface area contributed by atoms with Gasteiger partial charge in [0.05, 0.1) is 12.8 Å². The molecule has 2 heterocycles. The summed E-state index contributed by atoms with van der Waals surface area (Å²) in [6.45, 7) is -0.164. The maximum Gasteiger partial charge on any atom is 0.328 e. The molecule has 82 valence electrons. The van der Waals surface area contributed by atoms with Gasteiger partial charge in [-0.3, -0.25) is 19.1 Å². The van der Waals surface area contributed by atoms with E-state index in [-0.39, 0.29) is 18.1 Å². The highest BCUT2D eigenvalue weighted by Crippen LogP contribution is 2.01. The minimum absolute atomic E-state index is 0.164. The van der Waals surface area contributed by atoms with Gasteiger partial charge in [0.25, 0.3) is 5.56 Å². The molecular formula is C10H8N2O4. The molecule has 0 radical (unpaired) electrons. The third-order valence-electron chi connectivity index (χ3n) is 2.01. The predicted octanol–water partition coefficient (Wildman–Crippen LogP) is 0.0125. The lowest BCUT2D eigenvalue weighted by molar-refractivity contribution is 0.0943. The van der Waals surface area contributed by atoms with Gasteiger partial charge < -0.3 is 4.42 Å². The van der Waals surface area contributed by atoms with Crippen LogP contribution in [-0.2, 0) is 6.54 Å². The van der Waals surface area contributed by atoms with Crippen LogP contribution in [0.5, 0.6) is 0 Å². The molecule has 16 heavy (non-hydrogen) atoms. The summed E-state index contributed by atoms with van der Waals surface area (Å²) < 4.78 is 6.00. The van der Waals surface area contributed by atoms with Crippen molar-refractivity contribution in [2.75, 3.05) is 0 Å². The van der Waals surface area contributed by atoms with E-state index in [2.05, 4.69) is 4.98 Å². The standard InChI is InChI=1S/C10H8N2O4/c13-7(8-2-1-5-16-8)6-12-4-3-9(14)11-10(12)15/h1-5H,6H2,(H,11,14,15). The summed E-state index contributed by atoms with van der Waals surface area (Å²) in [7, 11) is 0. The fourth-order valence-electron chi connectivity index (χ4n) is 1.24. The smallest absolute Gasteiger partial charge is 0.328 e. The first kappa shape index (κ1) is 10.2. The number of furan rings is 1. The van der Waals surface area contributed by atoms with Gasteiger partial charge in [-0.15, -0.1) is 0 Å². The molecule has 0 spiro atoms. The summed E-state index contributed by atoms with van der Waals surface area (Å²) >= 11 is 0. The Morgan fingerprint density at radius 1 is 1.38 bits per heavy atom. The van der Waals surface area contributed by atoms with Crippen LogP contribution in [0, 0.1) is 0 Å². The quantitative estimate of drug-likeness (QED) is 0.738. The van der Waals surface area contributed by atoms with Gasteiger partial charge in [0.2, 0.25) is 5.78 Å². The van der Waals surface area contributed by atoms with Crippen LogP contribution < -0.4 is 11.2 Å². The number of nitrogens with one attached hydrogen (secondary N) is 1. The van der Waals surface area contributed by atoms with Crippen LogP contribution in [0.1, 0.15) is 10.6 Å². The predicted molar refractivity (Wildman–Crippen MR) is 54.4 cm³/mol. The Morgan fingerprint density at radius 2 is 2.19 bits per heavy atom. The number of aromatic nitrogens is 2. The lowest BCUT2D eigenvalue weighted by atomic mass is 10.3. The molecule has 0 saturated heterocycles. The van der Waals surface area contributed by atoms with Gasteiger partial charge in [0, 0.05) is 12.3 Å². The third kappa shape index (κ3) is 2.00. The Morgan fingerprint density at radius 3 is 2.81 bits per heavy atom. The maximum atomic E-state index is 11.6. The number of hydrogen-bond donors (Lipinski definition) is 1. The minimum Gasteiger partial charge on any atom is -0.461 e. The van der Waals surface area contributed by atoms with E-state index in [1.54, 1.807) is 6.07 Å². The van der Waals surface area contributed by atoms with Gasteiger partial charge in [-0.1, -0.05) is 0 Å². The molecule has 0 saturated carbocycles. The average Bonchev–Trinajstić information content (AvgIpc) is 2.75. The van der Waals surface area contributed by atoms with Crippen molar-refractivity contribution in [3.63, 3.8) is 0 Å². The third-order valence-corrected chi connectivity index (χ3v) is 2.01. The molecule has 0 fully saturated rings. The second kappa shape index (κ2) is 4.01. The Labute approximate surface area is 89.1 Å². The first-order valence-corrected chi connectivity index (χ1v) is 4.53. The number of hydrogen-bond acceptors (Lipinski definition) is 4. The van der Waals surface area contributed by atoms with Gasteiger partial charge in [-0.25, -0.2) is 4.79 Å². The van der Waals surface area contributed by atoms with Gasteiger partial charge >= 0.3 is 5.69 Å². The Balaban J connectivity index is 2.25. The van der Waals surface area contributed by atoms with Crippen LogP contribution >= 0.6 is 0 Å². The number of H-pyrrole nitrogens is 1. The first-order valence-electron chi connectivity index (χ1n) is 4.53. The van der Waals surface area contributed by atoms with Crippen molar-refractivity contribution < 1.29 is 9.21 Å². The highest BCUT2D eigenvalue weighted by Gasteiger charge is 2.10. The molecule has 0 unspecified atom stereocenters. The molecule has 0 aliphatic heterocycles. The second-order valence-corrected chi connectivity index (χ2v) is 3.14. The molecule has 0 amide bonds. The van der Waals surface area contributed by atoms with E-state index in [1.165, 1.54) is 24.6 Å². The van der Waals surface area contributed by atoms with E-state index in [0.717, 1.165) is 4.57 Å². The summed E-state index contributed by atoms with van der Waals surface area (Å²) in [4.78, 5) is 35.7. The van der Waals surface area contributed by atoms with Crippen molar-refractivity contribution in [2.45, 2.75) is 6.54 Å². The van der Waals surface area contributed by atoms with Crippen LogP contribution in [0.3, 0.4) is 0 Å². The molecule has 0 aliphatic carbocycles. The van der Waals surface area contributed by atoms with Crippen molar-refractivity contribution in [1.82, 2.24) is 9.55 Å². The number of rotatable bonds is 3. The van der Waals surface area contributed by atoms with E-state index >= 15 is 0 Å². The topological polar surface area (TPSA) is 85.1 Å². The molecule has 0 bridgehead atoms. The Kier molecular flexibility index (Phi) is 2.55. The number of carbonyl (C=O) groups is 1. The SMILES string of the molecule is O=C(Cn1ccc(=O)[nH]c1=O)c1ccco1. The minimum atomic E-state index is -0.618. The first-order chi connectivity index (χ1) is 7.66. The lowest BCUT2D eigenvalue weighted by Gasteiger charge is -2.01. The Hall–Kier alpha value is -2.37. The van der Waals surface area contributed by atoms with E-state index in [9.17, 15) is 14.4 Å². The summed E-state index contributed by atoms with van der Waals surface area (Å²) in [6.07, 6.45) is 2.64. The van der Waals surface area contributed by atoms with Crippen molar-refractivity contribution in [3.05, 3.63) is 57.3 Å². The molecule has 2 aromatic rings. The summed E-state index contributed by atoms with van der Waals surface area (Å²) in [5.74, 6) is -0.155. The molecule has 6 nitrogen and oxygen atoms in total. The molecule has 0 aromatic carbocycles. The van der Waals surface area contributed by atoms with E-state index in [0.29, 0.717) is 0 Å². The highest BCUT2D eigenvalue weighted by molar-refractivity contribution is 5.93. The van der Waals surface area contributed by atoms with E-state index in [1.807, 2.05) is 0 Å². The van der Waals surface area contributed by atoms with Crippen LogP contribution in [0.25, 0.3) is 0 Å². The maximum absolute atomic E-state index is 11.6. The van der Waals surface area contributed by atoms with Gasteiger partial charge in [0.15, 0.2) is 5.76 Å². The zero-order chi connectivity index (χ0) is 11.5. The van der Waals surface area contributed by atoms with Crippen LogP contribution in [0.15, 0.2) is 44.7 Å². The molecular weight excluding hydrogens is 212 g/mol. The lowest BCUT2D eigenvalue weighted by Crippen LogP contribution is -2.30. The highest BCUT2D eigenvalue weighted by atomic mass is 16.3. The number of carbonyl (C=O) groups excluding carboxylic acids is 1. The zero-order valence-electron chi connectivity index (χ0n) is 8.17. The molecule has 6 heteroatoms. The summed E-state index contributed by atoms with van der Waals surface area (Å²) in [6, 6.07) is 4.28. The number of nitrogens with zero attached hydrogens (tertiary/aromatic N) is 1. The van der Waals surface area contributed by atoms with Crippen LogP contribution in [0.2, 0.25) is 0 Å². The second-order valence-electron chi connectivity index (χ2n) is 3.14. The molecule has 2 aromatic heterocycles. The number of aromatic amines is 1. The van der Waals surface area contributed by atoms with E-state index < -0.39 is 11.2 Å². The number of Topliss-reactive ketones (excluding diaryl/α,β-unsaturated/α-hetero) is 1. The van der Waals surface area contributed by atoms with Crippen LogP contribution in [-0.4, -0.2) is 15.3 Å². The molecule has 1 N–H and O–H groups in total. The summed E-state index contributed by atoms with van der Waals surface area (Å²) in [5.41, 5.74) is -1.11. The van der Waals surface area contributed by atoms with Crippen molar-refractivity contribution >= 4 is 5.78 Å². The van der Waals surface area contributed by atoms with Crippen molar-refractivity contribution in [3.8, 4) is 0 Å². The normalized spacial score (nSPS) is 10.2. The fraction of sp³-hybridized carbons (Fsp3) is 0.100. The van der Waals surface area contributed by atoms with Gasteiger partial charge in [0.1, 0.15) is 0 Å². The Bertz CT molecular complexity index is 606. The van der Waals surface area contributed by atoms with E-state index in [4.69, 9.17) is 4.42 Å². The van der Waals surface area contributed by atoms with Crippen molar-refractivity contribution in [2.24, 2.45) is 0 Å². The summed E-state index contributed by atoms with van der Waals surface area (Å²) in [5, 5.41) is 0. The van der Waals surface area contributed by atoms with Crippen molar-refractivity contribution in [1.29, 1.82) is 0 Å². The molecule has 2 rings (SSSR count). The monoisotopic (exact) mass is 220 g/mol. The van der Waals surface area contributed by atoms with Gasteiger partial charge in [-0.05, 0) is 12.1 Å². The fourth-order valence-corrected chi connectivity index (χ4v) is 1.24. The van der Waals surface area contributed by atoms with Crippen LogP contribution in [0.4, 0.5) is 0 Å². The average molecular weight is 220 g/mol. The zero-order valence-corrected chi connectivity index (χ0v) is 8.17. The molecule has 0 atom stereocenters.